The standard InChI is InChI=1S/C12H14F3NO2/c1-16(10-5-3-2-4-6-10)7-8-18-11(17)9-12(13,14)15/h2-6H,7-9H2,1H3. The molecule has 0 atom stereocenters. The Labute approximate surface area is 103 Å². The molecule has 3 nitrogen and oxygen atoms in total. The fourth-order valence-corrected chi connectivity index (χ4v) is 1.32. The highest BCUT2D eigenvalue weighted by atomic mass is 19.4. The number of hydrogen-bond acceptors (Lipinski definition) is 3. The van der Waals surface area contributed by atoms with E-state index in [-0.39, 0.29) is 6.61 Å². The maximum absolute atomic E-state index is 11.8. The summed E-state index contributed by atoms with van der Waals surface area (Å²) >= 11 is 0. The summed E-state index contributed by atoms with van der Waals surface area (Å²) in [4.78, 5) is 12.6. The van der Waals surface area contributed by atoms with Gasteiger partial charge < -0.3 is 9.64 Å². The van der Waals surface area contributed by atoms with Gasteiger partial charge in [-0.3, -0.25) is 4.79 Å². The highest BCUT2D eigenvalue weighted by molar-refractivity contribution is 5.70. The van der Waals surface area contributed by atoms with E-state index >= 15 is 0 Å². The van der Waals surface area contributed by atoms with Gasteiger partial charge in [-0.1, -0.05) is 18.2 Å². The Morgan fingerprint density at radius 3 is 2.44 bits per heavy atom. The van der Waals surface area contributed by atoms with Crippen molar-refractivity contribution in [1.82, 2.24) is 0 Å². The number of nitrogens with zero attached hydrogens (tertiary/aromatic N) is 1. The zero-order valence-electron chi connectivity index (χ0n) is 9.91. The largest absolute Gasteiger partial charge is 0.464 e. The van der Waals surface area contributed by atoms with E-state index in [1.165, 1.54) is 0 Å². The van der Waals surface area contributed by atoms with Crippen LogP contribution in [-0.4, -0.2) is 32.3 Å². The molecule has 0 saturated heterocycles. The number of benzene rings is 1. The van der Waals surface area contributed by atoms with Crippen molar-refractivity contribution < 1.29 is 22.7 Å². The van der Waals surface area contributed by atoms with Gasteiger partial charge in [-0.2, -0.15) is 13.2 Å². The van der Waals surface area contributed by atoms with Crippen LogP contribution in [0.1, 0.15) is 6.42 Å². The number of rotatable bonds is 5. The number of halogens is 3. The Hall–Kier alpha value is -1.72. The first-order valence-electron chi connectivity index (χ1n) is 5.37. The lowest BCUT2D eigenvalue weighted by Crippen LogP contribution is -2.25. The Morgan fingerprint density at radius 2 is 1.89 bits per heavy atom. The molecule has 1 aromatic rings. The fraction of sp³-hybridized carbons (Fsp3) is 0.417. The summed E-state index contributed by atoms with van der Waals surface area (Å²) in [6.45, 7) is 0.272. The first-order chi connectivity index (χ1) is 8.38. The first-order valence-corrected chi connectivity index (χ1v) is 5.37. The van der Waals surface area contributed by atoms with Crippen molar-refractivity contribution in [3.8, 4) is 0 Å². The van der Waals surface area contributed by atoms with Crippen molar-refractivity contribution >= 4 is 11.7 Å². The molecule has 0 fully saturated rings. The van der Waals surface area contributed by atoms with Crippen LogP contribution in [0.3, 0.4) is 0 Å². The predicted molar refractivity (Wildman–Crippen MR) is 61.3 cm³/mol. The van der Waals surface area contributed by atoms with Crippen LogP contribution in [0.4, 0.5) is 18.9 Å². The zero-order valence-corrected chi connectivity index (χ0v) is 9.91. The Kier molecular flexibility index (Phi) is 5.00. The number of alkyl halides is 3. The minimum absolute atomic E-state index is 0.0691. The van der Waals surface area contributed by atoms with E-state index in [1.807, 2.05) is 30.3 Å². The molecule has 0 amide bonds. The molecule has 0 radical (unpaired) electrons. The van der Waals surface area contributed by atoms with Crippen LogP contribution >= 0.6 is 0 Å². The van der Waals surface area contributed by atoms with Gasteiger partial charge in [0.25, 0.3) is 0 Å². The Bertz CT molecular complexity index is 379. The van der Waals surface area contributed by atoms with Crippen LogP contribution in [0.2, 0.25) is 0 Å². The number of carbonyl (C=O) groups is 1. The molecule has 0 aliphatic heterocycles. The van der Waals surface area contributed by atoms with Gasteiger partial charge in [0, 0.05) is 12.7 Å². The summed E-state index contributed by atoms with van der Waals surface area (Å²) in [6, 6.07) is 9.28. The number of hydrogen-bond donors (Lipinski definition) is 0. The molecule has 0 saturated carbocycles. The molecule has 0 aromatic heterocycles. The summed E-state index contributed by atoms with van der Waals surface area (Å²) in [5.74, 6) is -1.25. The van der Waals surface area contributed by atoms with Gasteiger partial charge in [-0.05, 0) is 12.1 Å². The second kappa shape index (κ2) is 6.28. The molecule has 100 valence electrons. The van der Waals surface area contributed by atoms with E-state index in [0.29, 0.717) is 6.54 Å². The second-order valence-electron chi connectivity index (χ2n) is 3.77. The van der Waals surface area contributed by atoms with Gasteiger partial charge in [0.1, 0.15) is 13.0 Å². The topological polar surface area (TPSA) is 29.5 Å². The van der Waals surface area contributed by atoms with Crippen molar-refractivity contribution in [1.29, 1.82) is 0 Å². The highest BCUT2D eigenvalue weighted by Gasteiger charge is 2.32. The molecule has 0 N–H and O–H groups in total. The quantitative estimate of drug-likeness (QED) is 0.763. The first kappa shape index (κ1) is 14.3. The van der Waals surface area contributed by atoms with Crippen LogP contribution in [0.25, 0.3) is 0 Å². The summed E-state index contributed by atoms with van der Waals surface area (Å²) in [5.41, 5.74) is 0.907. The number of carbonyl (C=O) groups excluding carboxylic acids is 1. The van der Waals surface area contributed by atoms with Crippen molar-refractivity contribution in [2.75, 3.05) is 25.1 Å². The Balaban J connectivity index is 2.28. The van der Waals surface area contributed by atoms with Crippen molar-refractivity contribution in [2.24, 2.45) is 0 Å². The van der Waals surface area contributed by atoms with Gasteiger partial charge in [-0.15, -0.1) is 0 Å². The van der Waals surface area contributed by atoms with E-state index in [1.54, 1.807) is 11.9 Å². The number of anilines is 1. The van der Waals surface area contributed by atoms with Gasteiger partial charge in [0.05, 0.1) is 6.54 Å². The monoisotopic (exact) mass is 261 g/mol. The van der Waals surface area contributed by atoms with Crippen LogP contribution in [0.5, 0.6) is 0 Å². The Morgan fingerprint density at radius 1 is 1.28 bits per heavy atom. The minimum atomic E-state index is -4.51. The van der Waals surface area contributed by atoms with Gasteiger partial charge in [-0.25, -0.2) is 0 Å². The molecule has 0 aliphatic carbocycles. The molecule has 6 heteroatoms. The summed E-state index contributed by atoms with van der Waals surface area (Å²) < 4.78 is 40.0. The average molecular weight is 261 g/mol. The maximum atomic E-state index is 11.8. The van der Waals surface area contributed by atoms with Gasteiger partial charge >= 0.3 is 12.1 Å². The van der Waals surface area contributed by atoms with E-state index < -0.39 is 18.6 Å². The second-order valence-corrected chi connectivity index (χ2v) is 3.77. The number of esters is 1. The smallest absolute Gasteiger partial charge is 0.399 e. The molecule has 1 rings (SSSR count). The predicted octanol–water partition coefficient (Wildman–Crippen LogP) is 2.62. The zero-order chi connectivity index (χ0) is 13.6. The number of para-hydroxylation sites is 1. The molecule has 0 bridgehead atoms. The van der Waals surface area contributed by atoms with E-state index in [0.717, 1.165) is 5.69 Å². The van der Waals surface area contributed by atoms with Crippen molar-refractivity contribution in [3.63, 3.8) is 0 Å². The molecule has 0 unspecified atom stereocenters. The maximum Gasteiger partial charge on any atom is 0.399 e. The molecular weight excluding hydrogens is 247 g/mol. The number of likely N-dealkylation sites (N-methyl/N-ethyl adjacent to an activating group) is 1. The lowest BCUT2D eigenvalue weighted by molar-refractivity contribution is -0.170. The van der Waals surface area contributed by atoms with E-state index in [9.17, 15) is 18.0 Å². The van der Waals surface area contributed by atoms with E-state index in [4.69, 9.17) is 0 Å². The fourth-order valence-electron chi connectivity index (χ4n) is 1.32. The van der Waals surface area contributed by atoms with Gasteiger partial charge in [0.15, 0.2) is 0 Å². The molecule has 0 heterocycles. The molecule has 18 heavy (non-hydrogen) atoms. The van der Waals surface area contributed by atoms with Crippen molar-refractivity contribution in [2.45, 2.75) is 12.6 Å². The summed E-state index contributed by atoms with van der Waals surface area (Å²) in [6.07, 6.45) is -6.05. The normalized spacial score (nSPS) is 11.1. The van der Waals surface area contributed by atoms with E-state index in [2.05, 4.69) is 4.74 Å². The third kappa shape index (κ3) is 5.56. The third-order valence-corrected chi connectivity index (χ3v) is 2.23. The molecule has 1 aromatic carbocycles. The third-order valence-electron chi connectivity index (χ3n) is 2.23. The lowest BCUT2D eigenvalue weighted by atomic mass is 10.3. The molecule has 0 spiro atoms. The molecule has 0 aliphatic rings. The van der Waals surface area contributed by atoms with Crippen LogP contribution < -0.4 is 4.90 Å². The van der Waals surface area contributed by atoms with Crippen molar-refractivity contribution in [3.05, 3.63) is 30.3 Å². The number of ether oxygens (including phenoxy) is 1. The molecular formula is C12H14F3NO2. The van der Waals surface area contributed by atoms with Crippen LogP contribution in [-0.2, 0) is 9.53 Å². The van der Waals surface area contributed by atoms with Gasteiger partial charge in [0.2, 0.25) is 0 Å². The van der Waals surface area contributed by atoms with Crippen LogP contribution in [0.15, 0.2) is 30.3 Å². The SMILES string of the molecule is CN(CCOC(=O)CC(F)(F)F)c1ccccc1. The van der Waals surface area contributed by atoms with Crippen LogP contribution in [0, 0.1) is 0 Å². The minimum Gasteiger partial charge on any atom is -0.464 e. The average Bonchev–Trinajstić information content (AvgIpc) is 2.27. The lowest BCUT2D eigenvalue weighted by Gasteiger charge is -2.19. The summed E-state index contributed by atoms with van der Waals surface area (Å²) in [7, 11) is 1.77. The summed E-state index contributed by atoms with van der Waals surface area (Å²) in [5, 5.41) is 0. The highest BCUT2D eigenvalue weighted by Crippen LogP contribution is 2.19.